The number of ether oxygens (including phenoxy) is 1. The summed E-state index contributed by atoms with van der Waals surface area (Å²) in [5.74, 6) is -0.969. The van der Waals surface area contributed by atoms with Gasteiger partial charge in [-0.05, 0) is 31.2 Å². The van der Waals surface area contributed by atoms with Crippen molar-refractivity contribution in [2.24, 2.45) is 5.41 Å². The average molecular weight is 306 g/mol. The van der Waals surface area contributed by atoms with Crippen LogP contribution in [0.3, 0.4) is 0 Å². The molecule has 0 aliphatic carbocycles. The summed E-state index contributed by atoms with van der Waals surface area (Å²) in [6.45, 7) is 6.94. The van der Waals surface area contributed by atoms with E-state index in [4.69, 9.17) is 0 Å². The van der Waals surface area contributed by atoms with E-state index in [1.807, 2.05) is 0 Å². The summed E-state index contributed by atoms with van der Waals surface area (Å²) in [5.41, 5.74) is 0.376. The molecular formula is C16H22N2O4. The van der Waals surface area contributed by atoms with Gasteiger partial charge >= 0.3 is 5.97 Å². The Kier molecular flexibility index (Phi) is 5.68. The molecule has 0 saturated heterocycles. The lowest BCUT2D eigenvalue weighted by Gasteiger charge is -2.21. The van der Waals surface area contributed by atoms with Gasteiger partial charge in [-0.25, -0.2) is 4.79 Å². The molecule has 1 unspecified atom stereocenters. The molecule has 120 valence electrons. The van der Waals surface area contributed by atoms with E-state index in [1.165, 1.54) is 7.11 Å². The highest BCUT2D eigenvalue weighted by molar-refractivity contribution is 5.98. The number of hydrogen-bond acceptors (Lipinski definition) is 4. The number of carbonyl (C=O) groups is 3. The van der Waals surface area contributed by atoms with Gasteiger partial charge in [-0.2, -0.15) is 0 Å². The SMILES string of the molecule is COC(=O)c1ccc(NC(=O)C(C)NC(=O)C(C)(C)C)cc1. The van der Waals surface area contributed by atoms with Crippen molar-refractivity contribution < 1.29 is 19.1 Å². The third kappa shape index (κ3) is 4.87. The Bertz CT molecular complexity index is 559. The summed E-state index contributed by atoms with van der Waals surface area (Å²) in [5, 5.41) is 5.33. The van der Waals surface area contributed by atoms with E-state index in [9.17, 15) is 14.4 Å². The first-order valence-electron chi connectivity index (χ1n) is 6.95. The predicted molar refractivity (Wildman–Crippen MR) is 83.5 cm³/mol. The number of anilines is 1. The fraction of sp³-hybridized carbons (Fsp3) is 0.438. The molecule has 0 aromatic heterocycles. The van der Waals surface area contributed by atoms with Crippen molar-refractivity contribution in [3.8, 4) is 0 Å². The fourth-order valence-corrected chi connectivity index (χ4v) is 1.54. The number of hydrogen-bond donors (Lipinski definition) is 2. The van der Waals surface area contributed by atoms with Gasteiger partial charge in [0.05, 0.1) is 12.7 Å². The minimum absolute atomic E-state index is 0.198. The molecule has 22 heavy (non-hydrogen) atoms. The number of methoxy groups -OCH3 is 1. The third-order valence-corrected chi connectivity index (χ3v) is 3.00. The van der Waals surface area contributed by atoms with Crippen LogP contribution in [0.2, 0.25) is 0 Å². The Morgan fingerprint density at radius 1 is 1.09 bits per heavy atom. The van der Waals surface area contributed by atoms with E-state index in [-0.39, 0.29) is 11.8 Å². The summed E-state index contributed by atoms with van der Waals surface area (Å²) in [6.07, 6.45) is 0. The lowest BCUT2D eigenvalue weighted by molar-refractivity contribution is -0.131. The van der Waals surface area contributed by atoms with E-state index in [1.54, 1.807) is 52.0 Å². The first-order chi connectivity index (χ1) is 10.1. The van der Waals surface area contributed by atoms with E-state index in [0.29, 0.717) is 11.3 Å². The quantitative estimate of drug-likeness (QED) is 0.833. The van der Waals surface area contributed by atoms with Crippen molar-refractivity contribution in [2.45, 2.75) is 33.7 Å². The maximum atomic E-state index is 12.0. The number of nitrogens with one attached hydrogen (secondary N) is 2. The van der Waals surface area contributed by atoms with Crippen LogP contribution in [-0.4, -0.2) is 30.9 Å². The van der Waals surface area contributed by atoms with Crippen LogP contribution in [0, 0.1) is 5.41 Å². The maximum absolute atomic E-state index is 12.0. The fourth-order valence-electron chi connectivity index (χ4n) is 1.54. The number of esters is 1. The van der Waals surface area contributed by atoms with Crippen LogP contribution in [0.15, 0.2) is 24.3 Å². The zero-order valence-electron chi connectivity index (χ0n) is 13.5. The standard InChI is InChI=1S/C16H22N2O4/c1-10(17-15(21)16(2,3)4)13(19)18-12-8-6-11(7-9-12)14(20)22-5/h6-10H,1-5H3,(H,17,21)(H,18,19). The summed E-state index contributed by atoms with van der Waals surface area (Å²) < 4.78 is 4.60. The van der Waals surface area contributed by atoms with Gasteiger partial charge in [-0.15, -0.1) is 0 Å². The van der Waals surface area contributed by atoms with Gasteiger partial charge in [-0.1, -0.05) is 20.8 Å². The summed E-state index contributed by atoms with van der Waals surface area (Å²) >= 11 is 0. The second kappa shape index (κ2) is 7.06. The number of amides is 2. The largest absolute Gasteiger partial charge is 0.465 e. The van der Waals surface area contributed by atoms with Crippen molar-refractivity contribution in [2.75, 3.05) is 12.4 Å². The van der Waals surface area contributed by atoms with E-state index < -0.39 is 17.4 Å². The molecule has 0 bridgehead atoms. The average Bonchev–Trinajstić information content (AvgIpc) is 2.46. The Morgan fingerprint density at radius 3 is 2.09 bits per heavy atom. The molecule has 2 amide bonds. The highest BCUT2D eigenvalue weighted by atomic mass is 16.5. The molecule has 0 aliphatic rings. The van der Waals surface area contributed by atoms with Crippen molar-refractivity contribution in [1.29, 1.82) is 0 Å². The van der Waals surface area contributed by atoms with E-state index >= 15 is 0 Å². The molecule has 0 fully saturated rings. The Morgan fingerprint density at radius 2 is 1.64 bits per heavy atom. The second-order valence-electron chi connectivity index (χ2n) is 6.00. The van der Waals surface area contributed by atoms with Crippen molar-refractivity contribution >= 4 is 23.5 Å². The molecular weight excluding hydrogens is 284 g/mol. The van der Waals surface area contributed by atoms with Crippen molar-refractivity contribution in [3.05, 3.63) is 29.8 Å². The minimum atomic E-state index is -0.660. The van der Waals surface area contributed by atoms with Gasteiger partial charge in [0.2, 0.25) is 11.8 Å². The monoisotopic (exact) mass is 306 g/mol. The minimum Gasteiger partial charge on any atom is -0.465 e. The van der Waals surface area contributed by atoms with E-state index in [2.05, 4.69) is 15.4 Å². The molecule has 1 aromatic carbocycles. The van der Waals surface area contributed by atoms with Gasteiger partial charge < -0.3 is 15.4 Å². The lowest BCUT2D eigenvalue weighted by atomic mass is 9.95. The smallest absolute Gasteiger partial charge is 0.337 e. The highest BCUT2D eigenvalue weighted by Gasteiger charge is 2.25. The molecule has 6 nitrogen and oxygen atoms in total. The molecule has 1 rings (SSSR count). The zero-order valence-corrected chi connectivity index (χ0v) is 13.5. The zero-order chi connectivity index (χ0) is 16.9. The molecule has 0 spiro atoms. The lowest BCUT2D eigenvalue weighted by Crippen LogP contribution is -2.46. The Hall–Kier alpha value is -2.37. The van der Waals surface area contributed by atoms with Crippen molar-refractivity contribution in [1.82, 2.24) is 5.32 Å². The first-order valence-corrected chi connectivity index (χ1v) is 6.95. The topological polar surface area (TPSA) is 84.5 Å². The normalized spacial score (nSPS) is 12.2. The van der Waals surface area contributed by atoms with Crippen LogP contribution in [0.25, 0.3) is 0 Å². The van der Waals surface area contributed by atoms with Gasteiger partial charge in [0.25, 0.3) is 0 Å². The third-order valence-electron chi connectivity index (χ3n) is 3.00. The van der Waals surface area contributed by atoms with Crippen LogP contribution in [0.5, 0.6) is 0 Å². The van der Waals surface area contributed by atoms with Crippen LogP contribution in [-0.2, 0) is 14.3 Å². The molecule has 1 atom stereocenters. The molecule has 1 aromatic rings. The molecule has 0 radical (unpaired) electrons. The molecule has 0 heterocycles. The maximum Gasteiger partial charge on any atom is 0.337 e. The first kappa shape index (κ1) is 17.7. The number of carbonyl (C=O) groups excluding carboxylic acids is 3. The molecule has 6 heteroatoms. The highest BCUT2D eigenvalue weighted by Crippen LogP contribution is 2.14. The molecule has 2 N–H and O–H groups in total. The predicted octanol–water partition coefficient (Wildman–Crippen LogP) is 1.96. The van der Waals surface area contributed by atoms with Crippen molar-refractivity contribution in [3.63, 3.8) is 0 Å². The summed E-state index contributed by atoms with van der Waals surface area (Å²) in [6, 6.07) is 5.65. The number of rotatable bonds is 4. The van der Waals surface area contributed by atoms with Gasteiger partial charge in [0.1, 0.15) is 6.04 Å². The summed E-state index contributed by atoms with van der Waals surface area (Å²) in [7, 11) is 1.30. The molecule has 0 aliphatic heterocycles. The van der Waals surface area contributed by atoms with Gasteiger partial charge in [0, 0.05) is 11.1 Å². The Labute approximate surface area is 130 Å². The van der Waals surface area contributed by atoms with Crippen LogP contribution in [0.1, 0.15) is 38.1 Å². The molecule has 0 saturated carbocycles. The van der Waals surface area contributed by atoms with Gasteiger partial charge in [-0.3, -0.25) is 9.59 Å². The Balaban J connectivity index is 2.64. The van der Waals surface area contributed by atoms with Crippen LogP contribution in [0.4, 0.5) is 5.69 Å². The second-order valence-corrected chi connectivity index (χ2v) is 6.00. The summed E-state index contributed by atoms with van der Waals surface area (Å²) in [4.78, 5) is 35.2. The van der Waals surface area contributed by atoms with Crippen LogP contribution < -0.4 is 10.6 Å². The van der Waals surface area contributed by atoms with Crippen LogP contribution >= 0.6 is 0 Å². The van der Waals surface area contributed by atoms with Gasteiger partial charge in [0.15, 0.2) is 0 Å². The number of benzene rings is 1. The van der Waals surface area contributed by atoms with E-state index in [0.717, 1.165) is 0 Å².